The molecule has 3 aromatic rings. The van der Waals surface area contributed by atoms with Crippen molar-refractivity contribution in [2.45, 2.75) is 25.4 Å². The van der Waals surface area contributed by atoms with Crippen LogP contribution in [-0.4, -0.2) is 30.6 Å². The molecule has 5 nitrogen and oxygen atoms in total. The van der Waals surface area contributed by atoms with Crippen LogP contribution in [0, 0.1) is 0 Å². The number of alkyl halides is 3. The van der Waals surface area contributed by atoms with Gasteiger partial charge in [0, 0.05) is 25.2 Å². The third-order valence-electron chi connectivity index (χ3n) is 5.50. The maximum Gasteiger partial charge on any atom is 0.416 e. The number of hydrogen-bond acceptors (Lipinski definition) is 3. The Kier molecular flexibility index (Phi) is 6.82. The smallest absolute Gasteiger partial charge is 0.382 e. The molecule has 0 unspecified atom stereocenters. The third-order valence-corrected chi connectivity index (χ3v) is 5.50. The first-order valence-electron chi connectivity index (χ1n) is 10.9. The Morgan fingerprint density at radius 2 is 1.88 bits per heavy atom. The number of anilines is 2. The van der Waals surface area contributed by atoms with Crippen molar-refractivity contribution >= 4 is 17.5 Å². The number of hydrogen-bond donors (Lipinski definition) is 2. The minimum atomic E-state index is -4.44. The molecular formula is C25H25F3N4O. The fraction of sp³-hybridized carbons (Fsp3) is 0.280. The van der Waals surface area contributed by atoms with Gasteiger partial charge in [-0.05, 0) is 49.1 Å². The summed E-state index contributed by atoms with van der Waals surface area (Å²) >= 11 is 0. The molecule has 8 heteroatoms. The Labute approximate surface area is 190 Å². The van der Waals surface area contributed by atoms with Gasteiger partial charge in [-0.15, -0.1) is 0 Å². The molecule has 0 fully saturated rings. The molecule has 0 bridgehead atoms. The van der Waals surface area contributed by atoms with Crippen molar-refractivity contribution in [2.75, 3.05) is 29.9 Å². The number of amides is 2. The third kappa shape index (κ3) is 5.63. The lowest BCUT2D eigenvalue weighted by Gasteiger charge is -2.22. The number of aryl methyl sites for hydroxylation is 1. The van der Waals surface area contributed by atoms with Crippen molar-refractivity contribution in [3.63, 3.8) is 0 Å². The second-order valence-electron chi connectivity index (χ2n) is 7.90. The predicted molar refractivity (Wildman–Crippen MR) is 123 cm³/mol. The quantitative estimate of drug-likeness (QED) is 0.484. The van der Waals surface area contributed by atoms with E-state index in [0.717, 1.165) is 31.4 Å². The van der Waals surface area contributed by atoms with E-state index in [1.54, 1.807) is 23.1 Å². The Balaban J connectivity index is 1.50. The van der Waals surface area contributed by atoms with Crippen LogP contribution in [0.5, 0.6) is 0 Å². The van der Waals surface area contributed by atoms with Gasteiger partial charge in [-0.1, -0.05) is 42.5 Å². The Hall–Kier alpha value is -3.55. The highest BCUT2D eigenvalue weighted by atomic mass is 19.4. The molecule has 0 radical (unpaired) electrons. The second kappa shape index (κ2) is 9.94. The highest BCUT2D eigenvalue weighted by Gasteiger charge is 2.30. The van der Waals surface area contributed by atoms with Gasteiger partial charge in [0.25, 0.3) is 0 Å². The molecule has 0 aliphatic carbocycles. The molecule has 0 saturated carbocycles. The molecule has 1 aliphatic rings. The summed E-state index contributed by atoms with van der Waals surface area (Å²) in [7, 11) is 0. The van der Waals surface area contributed by atoms with Crippen molar-refractivity contribution in [3.8, 4) is 11.3 Å². The zero-order valence-electron chi connectivity index (χ0n) is 18.0. The van der Waals surface area contributed by atoms with Crippen molar-refractivity contribution in [3.05, 3.63) is 77.9 Å². The minimum absolute atomic E-state index is 0.262. The van der Waals surface area contributed by atoms with E-state index < -0.39 is 11.7 Å². The van der Waals surface area contributed by atoms with Gasteiger partial charge in [-0.3, -0.25) is 4.90 Å². The van der Waals surface area contributed by atoms with Gasteiger partial charge in [0.15, 0.2) is 5.82 Å². The van der Waals surface area contributed by atoms with Crippen molar-refractivity contribution < 1.29 is 18.0 Å². The maximum absolute atomic E-state index is 13.1. The molecule has 4 rings (SSSR count). The van der Waals surface area contributed by atoms with E-state index in [9.17, 15) is 18.0 Å². The number of halogens is 3. The van der Waals surface area contributed by atoms with Crippen LogP contribution in [0.4, 0.5) is 29.5 Å². The summed E-state index contributed by atoms with van der Waals surface area (Å²) in [5.74, 6) is 0.419. The van der Waals surface area contributed by atoms with Crippen LogP contribution in [0.15, 0.2) is 66.7 Å². The van der Waals surface area contributed by atoms with E-state index in [1.165, 1.54) is 11.6 Å². The Morgan fingerprint density at radius 1 is 1.06 bits per heavy atom. The Bertz CT molecular complexity index is 1100. The molecule has 2 heterocycles. The summed E-state index contributed by atoms with van der Waals surface area (Å²) in [6, 6.07) is 18.3. The molecule has 172 valence electrons. The lowest BCUT2D eigenvalue weighted by molar-refractivity contribution is -0.137. The highest BCUT2D eigenvalue weighted by Crippen LogP contribution is 2.34. The summed E-state index contributed by atoms with van der Waals surface area (Å²) in [5.41, 5.74) is 1.89. The van der Waals surface area contributed by atoms with Crippen LogP contribution >= 0.6 is 0 Å². The highest BCUT2D eigenvalue weighted by molar-refractivity contribution is 5.95. The summed E-state index contributed by atoms with van der Waals surface area (Å²) < 4.78 is 39.4. The Morgan fingerprint density at radius 3 is 2.67 bits per heavy atom. The molecular weight excluding hydrogens is 429 g/mol. The number of nitrogens with zero attached hydrogens (tertiary/aromatic N) is 2. The summed E-state index contributed by atoms with van der Waals surface area (Å²) in [5, 5.41) is 6.20. The average molecular weight is 454 g/mol. The van der Waals surface area contributed by atoms with Crippen LogP contribution in [0.3, 0.4) is 0 Å². The van der Waals surface area contributed by atoms with Gasteiger partial charge in [-0.25, -0.2) is 9.78 Å². The fourth-order valence-corrected chi connectivity index (χ4v) is 3.80. The first-order chi connectivity index (χ1) is 15.9. The molecule has 2 aromatic carbocycles. The SMILES string of the molecule is O=C(NCCCc1ccccc1)N1CCCNc2ccc(-c3cccc(C(F)(F)F)c3)nc21. The summed E-state index contributed by atoms with van der Waals surface area (Å²) in [6.45, 7) is 1.65. The van der Waals surface area contributed by atoms with E-state index in [0.29, 0.717) is 42.4 Å². The zero-order valence-corrected chi connectivity index (χ0v) is 18.0. The summed E-state index contributed by atoms with van der Waals surface area (Å²) in [4.78, 5) is 19.1. The number of carbonyl (C=O) groups excluding carboxylic acids is 1. The molecule has 2 N–H and O–H groups in total. The minimum Gasteiger partial charge on any atom is -0.382 e. The van der Waals surface area contributed by atoms with Gasteiger partial charge in [0.2, 0.25) is 0 Å². The monoisotopic (exact) mass is 454 g/mol. The van der Waals surface area contributed by atoms with E-state index >= 15 is 0 Å². The zero-order chi connectivity index (χ0) is 23.3. The molecule has 2 amide bonds. The van der Waals surface area contributed by atoms with Gasteiger partial charge in [0.05, 0.1) is 16.9 Å². The number of fused-ring (bicyclic) bond motifs is 1. The van der Waals surface area contributed by atoms with Gasteiger partial charge < -0.3 is 10.6 Å². The fourth-order valence-electron chi connectivity index (χ4n) is 3.80. The number of urea groups is 1. The van der Waals surface area contributed by atoms with E-state index in [-0.39, 0.29) is 6.03 Å². The summed E-state index contributed by atoms with van der Waals surface area (Å²) in [6.07, 6.45) is -2.05. The molecule has 0 atom stereocenters. The van der Waals surface area contributed by atoms with E-state index in [2.05, 4.69) is 27.8 Å². The predicted octanol–water partition coefficient (Wildman–Crippen LogP) is 5.73. The van der Waals surface area contributed by atoms with Crippen LogP contribution in [-0.2, 0) is 12.6 Å². The van der Waals surface area contributed by atoms with Gasteiger partial charge >= 0.3 is 12.2 Å². The second-order valence-corrected chi connectivity index (χ2v) is 7.90. The number of nitrogens with one attached hydrogen (secondary N) is 2. The first kappa shape index (κ1) is 22.6. The molecule has 1 aromatic heterocycles. The van der Waals surface area contributed by atoms with Gasteiger partial charge in [0.1, 0.15) is 0 Å². The number of pyridine rings is 1. The number of rotatable bonds is 5. The van der Waals surface area contributed by atoms with Crippen LogP contribution in [0.1, 0.15) is 24.0 Å². The van der Waals surface area contributed by atoms with Gasteiger partial charge in [-0.2, -0.15) is 13.2 Å². The van der Waals surface area contributed by atoms with Crippen molar-refractivity contribution in [1.29, 1.82) is 0 Å². The van der Waals surface area contributed by atoms with Crippen LogP contribution < -0.4 is 15.5 Å². The van der Waals surface area contributed by atoms with Crippen LogP contribution in [0.2, 0.25) is 0 Å². The van der Waals surface area contributed by atoms with Crippen molar-refractivity contribution in [2.24, 2.45) is 0 Å². The normalized spacial score (nSPS) is 13.6. The maximum atomic E-state index is 13.1. The van der Waals surface area contributed by atoms with Crippen LogP contribution in [0.25, 0.3) is 11.3 Å². The lowest BCUT2D eigenvalue weighted by atomic mass is 10.1. The molecule has 0 spiro atoms. The van der Waals surface area contributed by atoms with Crippen molar-refractivity contribution in [1.82, 2.24) is 10.3 Å². The first-order valence-corrected chi connectivity index (χ1v) is 10.9. The lowest BCUT2D eigenvalue weighted by Crippen LogP contribution is -2.41. The number of benzene rings is 2. The molecule has 0 saturated heterocycles. The van der Waals surface area contributed by atoms with E-state index in [4.69, 9.17) is 0 Å². The largest absolute Gasteiger partial charge is 0.416 e. The standard InChI is InChI=1S/C25H25F3N4O/c26-25(27,28)20-11-4-10-19(17-20)21-12-13-22-23(31-21)32(16-6-15-29-22)24(33)30-14-5-9-18-7-2-1-3-8-18/h1-4,7-8,10-13,17,29H,5-6,9,14-16H2,(H,30,33). The average Bonchev–Trinajstić information content (AvgIpc) is 3.04. The topological polar surface area (TPSA) is 57.3 Å². The molecule has 1 aliphatic heterocycles. The number of carbonyl (C=O) groups is 1. The van der Waals surface area contributed by atoms with E-state index in [1.807, 2.05) is 18.2 Å². The molecule has 33 heavy (non-hydrogen) atoms. The number of aromatic nitrogens is 1.